The number of nitrogens with zero attached hydrogens (tertiary/aromatic N) is 2. The van der Waals surface area contributed by atoms with Gasteiger partial charge in [0, 0.05) is 6.54 Å². The first-order chi connectivity index (χ1) is 17.9. The number of sulfone groups is 1. The summed E-state index contributed by atoms with van der Waals surface area (Å²) < 4.78 is 68.9. The van der Waals surface area contributed by atoms with Crippen LogP contribution in [0.25, 0.3) is 10.2 Å². The SMILES string of the molecule is CCS(=O)(=O)c1ccc(CNC(=O)c2sc3nc(C)nc(OCC4CCC(C(F)(F)F)CC4)c3c2C)cc1. The van der Waals surface area contributed by atoms with Crippen molar-refractivity contribution in [1.29, 1.82) is 0 Å². The highest BCUT2D eigenvalue weighted by Crippen LogP contribution is 2.40. The fourth-order valence-electron chi connectivity index (χ4n) is 4.62. The van der Waals surface area contributed by atoms with Gasteiger partial charge in [-0.2, -0.15) is 18.2 Å². The number of alkyl halides is 3. The molecule has 4 rings (SSSR count). The molecule has 2 heterocycles. The van der Waals surface area contributed by atoms with Crippen molar-refractivity contribution in [1.82, 2.24) is 15.3 Å². The standard InChI is InChI=1S/C26H30F3N3O4S2/c1-4-38(34,35)20-11-7-17(8-12-20)13-30-23(33)22-15(2)21-24(31-16(3)32-25(21)37-22)36-14-18-5-9-19(10-6-18)26(27,28)29/h7-8,11-12,18-19H,4-6,9-10,13-14H2,1-3H3,(H,30,33). The van der Waals surface area contributed by atoms with Gasteiger partial charge in [0.15, 0.2) is 9.84 Å². The Hall–Kier alpha value is -2.73. The molecular weight excluding hydrogens is 539 g/mol. The van der Waals surface area contributed by atoms with Gasteiger partial charge in [0.05, 0.1) is 33.4 Å². The van der Waals surface area contributed by atoms with Crippen LogP contribution < -0.4 is 10.1 Å². The van der Waals surface area contributed by atoms with Crippen molar-refractivity contribution in [3.8, 4) is 5.88 Å². The van der Waals surface area contributed by atoms with Gasteiger partial charge in [-0.3, -0.25) is 4.79 Å². The van der Waals surface area contributed by atoms with E-state index in [1.807, 2.05) is 0 Å². The number of rotatable bonds is 8. The Labute approximate surface area is 223 Å². The fourth-order valence-corrected chi connectivity index (χ4v) is 6.64. The quantitative estimate of drug-likeness (QED) is 0.369. The van der Waals surface area contributed by atoms with Crippen LogP contribution in [-0.2, 0) is 16.4 Å². The molecule has 1 aliphatic carbocycles. The number of ether oxygens (including phenoxy) is 1. The van der Waals surface area contributed by atoms with Crippen molar-refractivity contribution >= 4 is 37.3 Å². The molecule has 1 amide bonds. The lowest BCUT2D eigenvalue weighted by atomic mass is 9.82. The Kier molecular flexibility index (Phi) is 8.32. The van der Waals surface area contributed by atoms with E-state index >= 15 is 0 Å². The van der Waals surface area contributed by atoms with Gasteiger partial charge < -0.3 is 10.1 Å². The highest BCUT2D eigenvalue weighted by atomic mass is 32.2. The Morgan fingerprint density at radius 1 is 1.11 bits per heavy atom. The Morgan fingerprint density at radius 2 is 1.76 bits per heavy atom. The number of hydrogen-bond acceptors (Lipinski definition) is 7. The zero-order chi connectivity index (χ0) is 27.7. The molecule has 0 radical (unpaired) electrons. The maximum Gasteiger partial charge on any atom is 0.391 e. The van der Waals surface area contributed by atoms with Crippen molar-refractivity contribution in [3.63, 3.8) is 0 Å². The first-order valence-corrected chi connectivity index (χ1v) is 14.9. The molecule has 1 N–H and O–H groups in total. The molecule has 38 heavy (non-hydrogen) atoms. The summed E-state index contributed by atoms with van der Waals surface area (Å²) in [6.07, 6.45) is -3.05. The second-order valence-corrected chi connectivity index (χ2v) is 12.9. The minimum absolute atomic E-state index is 0.0133. The number of halogens is 3. The Morgan fingerprint density at radius 3 is 2.37 bits per heavy atom. The van der Waals surface area contributed by atoms with E-state index in [9.17, 15) is 26.4 Å². The molecular formula is C26H30F3N3O4S2. The zero-order valence-corrected chi connectivity index (χ0v) is 23.0. The fraction of sp³-hybridized carbons (Fsp3) is 0.500. The number of fused-ring (bicyclic) bond motifs is 1. The van der Waals surface area contributed by atoms with Crippen LogP contribution in [0, 0.1) is 25.7 Å². The number of carbonyl (C=O) groups is 1. The van der Waals surface area contributed by atoms with Crippen molar-refractivity contribution in [2.24, 2.45) is 11.8 Å². The van der Waals surface area contributed by atoms with E-state index in [0.29, 0.717) is 45.2 Å². The third-order valence-electron chi connectivity index (χ3n) is 6.96. The number of amides is 1. The van der Waals surface area contributed by atoms with E-state index in [4.69, 9.17) is 4.74 Å². The lowest BCUT2D eigenvalue weighted by Gasteiger charge is -2.29. The Balaban J connectivity index is 1.44. The predicted molar refractivity (Wildman–Crippen MR) is 139 cm³/mol. The van der Waals surface area contributed by atoms with Crippen LogP contribution in [0.1, 0.15) is 59.2 Å². The van der Waals surface area contributed by atoms with Crippen LogP contribution in [0.4, 0.5) is 13.2 Å². The number of benzene rings is 1. The summed E-state index contributed by atoms with van der Waals surface area (Å²) in [7, 11) is -3.29. The molecule has 0 unspecified atom stereocenters. The van der Waals surface area contributed by atoms with Gasteiger partial charge in [0.25, 0.3) is 5.91 Å². The van der Waals surface area contributed by atoms with Gasteiger partial charge in [-0.15, -0.1) is 11.3 Å². The summed E-state index contributed by atoms with van der Waals surface area (Å²) >= 11 is 1.22. The number of aryl methyl sites for hydroxylation is 2. The highest BCUT2D eigenvalue weighted by molar-refractivity contribution is 7.91. The summed E-state index contributed by atoms with van der Waals surface area (Å²) in [6, 6.07) is 6.40. The van der Waals surface area contributed by atoms with E-state index in [1.54, 1.807) is 32.9 Å². The molecule has 1 saturated carbocycles. The van der Waals surface area contributed by atoms with Gasteiger partial charge in [-0.05, 0) is 68.7 Å². The summed E-state index contributed by atoms with van der Waals surface area (Å²) in [5, 5.41) is 3.49. The number of hydrogen-bond donors (Lipinski definition) is 1. The van der Waals surface area contributed by atoms with Gasteiger partial charge in [-0.25, -0.2) is 13.4 Å². The molecule has 0 bridgehead atoms. The summed E-state index contributed by atoms with van der Waals surface area (Å²) in [5.41, 5.74) is 1.43. The van der Waals surface area contributed by atoms with E-state index in [-0.39, 0.29) is 48.5 Å². The zero-order valence-electron chi connectivity index (χ0n) is 21.4. The molecule has 2 aromatic heterocycles. The minimum atomic E-state index is -4.15. The number of nitrogens with one attached hydrogen (secondary N) is 1. The monoisotopic (exact) mass is 569 g/mol. The maximum absolute atomic E-state index is 13.0. The van der Waals surface area contributed by atoms with Crippen LogP contribution in [0.2, 0.25) is 0 Å². The van der Waals surface area contributed by atoms with Gasteiger partial charge in [-0.1, -0.05) is 19.1 Å². The second-order valence-electron chi connectivity index (χ2n) is 9.61. The van der Waals surface area contributed by atoms with Crippen molar-refractivity contribution in [2.75, 3.05) is 12.4 Å². The average molecular weight is 570 g/mol. The van der Waals surface area contributed by atoms with E-state index < -0.39 is 21.9 Å². The first-order valence-electron chi connectivity index (χ1n) is 12.5. The van der Waals surface area contributed by atoms with Gasteiger partial charge in [0.2, 0.25) is 5.88 Å². The molecule has 1 aromatic carbocycles. The smallest absolute Gasteiger partial charge is 0.391 e. The molecule has 0 aliphatic heterocycles. The first kappa shape index (κ1) is 28.3. The third-order valence-corrected chi connectivity index (χ3v) is 9.89. The van der Waals surface area contributed by atoms with Crippen LogP contribution in [0.15, 0.2) is 29.2 Å². The van der Waals surface area contributed by atoms with Crippen LogP contribution in [-0.4, -0.2) is 42.8 Å². The summed E-state index contributed by atoms with van der Waals surface area (Å²) in [5.74, 6) is -0.699. The van der Waals surface area contributed by atoms with Crippen molar-refractivity contribution < 1.29 is 31.1 Å². The lowest BCUT2D eigenvalue weighted by Crippen LogP contribution is -2.29. The van der Waals surface area contributed by atoms with Crippen molar-refractivity contribution in [2.45, 2.75) is 64.1 Å². The van der Waals surface area contributed by atoms with E-state index in [0.717, 1.165) is 5.56 Å². The normalized spacial score (nSPS) is 18.5. The Bertz CT molecular complexity index is 1410. The molecule has 206 valence electrons. The third kappa shape index (κ3) is 6.28. The summed E-state index contributed by atoms with van der Waals surface area (Å²) in [4.78, 5) is 23.2. The molecule has 1 aliphatic rings. The predicted octanol–water partition coefficient (Wildman–Crippen LogP) is 5.78. The molecule has 12 heteroatoms. The van der Waals surface area contributed by atoms with Crippen molar-refractivity contribution in [3.05, 3.63) is 46.1 Å². The summed E-state index contributed by atoms with van der Waals surface area (Å²) in [6.45, 7) is 5.57. The average Bonchev–Trinajstić information content (AvgIpc) is 3.21. The maximum atomic E-state index is 13.0. The molecule has 0 saturated heterocycles. The second kappa shape index (κ2) is 11.2. The topological polar surface area (TPSA) is 98.2 Å². The number of aromatic nitrogens is 2. The van der Waals surface area contributed by atoms with Gasteiger partial charge >= 0.3 is 6.18 Å². The highest BCUT2D eigenvalue weighted by Gasteiger charge is 2.41. The molecule has 3 aromatic rings. The van der Waals surface area contributed by atoms with Crippen LogP contribution in [0.5, 0.6) is 5.88 Å². The molecule has 7 nitrogen and oxygen atoms in total. The van der Waals surface area contributed by atoms with Crippen LogP contribution >= 0.6 is 11.3 Å². The van der Waals surface area contributed by atoms with E-state index in [2.05, 4.69) is 15.3 Å². The lowest BCUT2D eigenvalue weighted by molar-refractivity contribution is -0.184. The number of thiophene rings is 1. The molecule has 1 fully saturated rings. The van der Waals surface area contributed by atoms with Gasteiger partial charge in [0.1, 0.15) is 10.7 Å². The largest absolute Gasteiger partial charge is 0.477 e. The molecule has 0 atom stereocenters. The number of carbonyl (C=O) groups excluding carboxylic acids is 1. The van der Waals surface area contributed by atoms with E-state index in [1.165, 1.54) is 23.5 Å². The van der Waals surface area contributed by atoms with Crippen LogP contribution in [0.3, 0.4) is 0 Å². The minimum Gasteiger partial charge on any atom is -0.477 e. The molecule has 0 spiro atoms.